The van der Waals surface area contributed by atoms with Crippen molar-refractivity contribution in [2.24, 2.45) is 0 Å². The van der Waals surface area contributed by atoms with E-state index in [-0.39, 0.29) is 17.5 Å². The Hall–Kier alpha value is -2.03. The summed E-state index contributed by atoms with van der Waals surface area (Å²) in [5, 5.41) is 7.01. The van der Waals surface area contributed by atoms with Crippen LogP contribution in [0.4, 0.5) is 0 Å². The van der Waals surface area contributed by atoms with Gasteiger partial charge in [0.1, 0.15) is 0 Å². The molecule has 1 aromatic carbocycles. The van der Waals surface area contributed by atoms with Gasteiger partial charge in [0.2, 0.25) is 10.0 Å². The summed E-state index contributed by atoms with van der Waals surface area (Å²) in [6.07, 6.45) is 2.10. The summed E-state index contributed by atoms with van der Waals surface area (Å²) in [6.45, 7) is 5.66. The van der Waals surface area contributed by atoms with E-state index in [9.17, 15) is 8.42 Å². The molecule has 1 aromatic heterocycles. The SMILES string of the molecule is C=CCNS(=O)(=O)c1cccc(-c2nc(CC(C)NC)no2)c1. The molecule has 0 bridgehead atoms. The zero-order chi connectivity index (χ0) is 16.9. The lowest BCUT2D eigenvalue weighted by molar-refractivity contribution is 0.418. The molecule has 0 aliphatic rings. The fourth-order valence-electron chi connectivity index (χ4n) is 1.88. The number of likely N-dealkylation sites (N-methyl/N-ethyl adjacent to an activating group) is 1. The fourth-order valence-corrected chi connectivity index (χ4v) is 2.92. The maximum absolute atomic E-state index is 12.1. The average molecular weight is 336 g/mol. The van der Waals surface area contributed by atoms with Crippen molar-refractivity contribution in [3.05, 3.63) is 42.7 Å². The van der Waals surface area contributed by atoms with Crippen molar-refractivity contribution >= 4 is 10.0 Å². The largest absolute Gasteiger partial charge is 0.334 e. The highest BCUT2D eigenvalue weighted by molar-refractivity contribution is 7.89. The number of rotatable bonds is 8. The second-order valence-corrected chi connectivity index (χ2v) is 6.84. The van der Waals surface area contributed by atoms with Crippen molar-refractivity contribution in [1.29, 1.82) is 0 Å². The second kappa shape index (κ2) is 7.49. The maximum atomic E-state index is 12.1. The van der Waals surface area contributed by atoms with Gasteiger partial charge >= 0.3 is 0 Å². The highest BCUT2D eigenvalue weighted by Crippen LogP contribution is 2.21. The van der Waals surface area contributed by atoms with Gasteiger partial charge in [-0.2, -0.15) is 4.98 Å². The molecule has 0 saturated carbocycles. The molecule has 1 heterocycles. The molecule has 0 saturated heterocycles. The summed E-state index contributed by atoms with van der Waals surface area (Å²) in [5.41, 5.74) is 0.558. The third-order valence-electron chi connectivity index (χ3n) is 3.26. The number of hydrogen-bond donors (Lipinski definition) is 2. The molecule has 124 valence electrons. The van der Waals surface area contributed by atoms with Crippen LogP contribution in [0.5, 0.6) is 0 Å². The zero-order valence-electron chi connectivity index (χ0n) is 13.1. The van der Waals surface area contributed by atoms with Crippen LogP contribution in [-0.4, -0.2) is 38.2 Å². The highest BCUT2D eigenvalue weighted by atomic mass is 32.2. The number of sulfonamides is 1. The Labute approximate surface area is 135 Å². The Morgan fingerprint density at radius 1 is 1.43 bits per heavy atom. The van der Waals surface area contributed by atoms with E-state index < -0.39 is 10.0 Å². The molecule has 0 aliphatic carbocycles. The van der Waals surface area contributed by atoms with Crippen molar-refractivity contribution in [2.45, 2.75) is 24.3 Å². The molecule has 0 spiro atoms. The number of nitrogens with zero attached hydrogens (tertiary/aromatic N) is 2. The molecular weight excluding hydrogens is 316 g/mol. The minimum absolute atomic E-state index is 0.139. The molecule has 2 rings (SSSR count). The normalized spacial score (nSPS) is 13.0. The summed E-state index contributed by atoms with van der Waals surface area (Å²) >= 11 is 0. The van der Waals surface area contributed by atoms with E-state index in [1.165, 1.54) is 18.2 Å². The van der Waals surface area contributed by atoms with E-state index in [1.54, 1.807) is 12.1 Å². The molecule has 0 radical (unpaired) electrons. The van der Waals surface area contributed by atoms with Crippen LogP contribution in [0.15, 0.2) is 46.3 Å². The van der Waals surface area contributed by atoms with E-state index >= 15 is 0 Å². The maximum Gasteiger partial charge on any atom is 0.257 e. The molecule has 2 aromatic rings. The minimum Gasteiger partial charge on any atom is -0.334 e. The molecule has 0 fully saturated rings. The summed E-state index contributed by atoms with van der Waals surface area (Å²) in [4.78, 5) is 4.44. The summed E-state index contributed by atoms with van der Waals surface area (Å²) in [5.74, 6) is 0.865. The summed E-state index contributed by atoms with van der Waals surface area (Å²) < 4.78 is 31.9. The first-order chi connectivity index (χ1) is 11.0. The second-order valence-electron chi connectivity index (χ2n) is 5.08. The minimum atomic E-state index is -3.59. The Bertz CT molecular complexity index is 771. The van der Waals surface area contributed by atoms with Crippen molar-refractivity contribution < 1.29 is 12.9 Å². The lowest BCUT2D eigenvalue weighted by atomic mass is 10.2. The highest BCUT2D eigenvalue weighted by Gasteiger charge is 2.16. The molecule has 0 aliphatic heterocycles. The van der Waals surface area contributed by atoms with E-state index in [4.69, 9.17) is 4.52 Å². The van der Waals surface area contributed by atoms with Gasteiger partial charge in [-0.1, -0.05) is 17.3 Å². The monoisotopic (exact) mass is 336 g/mol. The number of nitrogens with one attached hydrogen (secondary N) is 2. The van der Waals surface area contributed by atoms with Crippen LogP contribution in [-0.2, 0) is 16.4 Å². The predicted octanol–water partition coefficient (Wildman–Crippen LogP) is 1.35. The molecule has 1 unspecified atom stereocenters. The molecule has 2 N–H and O–H groups in total. The first-order valence-corrected chi connectivity index (χ1v) is 8.65. The van der Waals surface area contributed by atoms with E-state index in [1.807, 2.05) is 14.0 Å². The van der Waals surface area contributed by atoms with E-state index in [0.717, 1.165) is 0 Å². The molecular formula is C15H20N4O3S. The van der Waals surface area contributed by atoms with Crippen molar-refractivity contribution in [3.63, 3.8) is 0 Å². The third kappa shape index (κ3) is 4.47. The van der Waals surface area contributed by atoms with Crippen LogP contribution in [0.3, 0.4) is 0 Å². The summed E-state index contributed by atoms with van der Waals surface area (Å²) in [7, 11) is -1.73. The molecule has 23 heavy (non-hydrogen) atoms. The van der Waals surface area contributed by atoms with Gasteiger partial charge in [0.05, 0.1) is 4.90 Å². The Balaban J connectivity index is 2.25. The van der Waals surface area contributed by atoms with Crippen molar-refractivity contribution in [3.8, 4) is 11.5 Å². The lowest BCUT2D eigenvalue weighted by Gasteiger charge is -2.05. The summed E-state index contributed by atoms with van der Waals surface area (Å²) in [6, 6.07) is 6.60. The first kappa shape index (κ1) is 17.3. The number of aromatic nitrogens is 2. The van der Waals surface area contributed by atoms with Gasteiger partial charge in [-0.15, -0.1) is 6.58 Å². The number of benzene rings is 1. The van der Waals surface area contributed by atoms with Crippen LogP contribution in [0, 0.1) is 0 Å². The van der Waals surface area contributed by atoms with Gasteiger partial charge in [-0.25, -0.2) is 13.1 Å². The van der Waals surface area contributed by atoms with Gasteiger partial charge < -0.3 is 9.84 Å². The smallest absolute Gasteiger partial charge is 0.257 e. The molecule has 1 atom stereocenters. The standard InChI is InChI=1S/C15H20N4O3S/c1-4-8-17-23(20,21)13-7-5-6-12(10-13)15-18-14(19-22-15)9-11(2)16-3/h4-7,10-11,16-17H,1,8-9H2,2-3H3. The van der Waals surface area contributed by atoms with Gasteiger partial charge in [0.15, 0.2) is 5.82 Å². The Morgan fingerprint density at radius 2 is 2.22 bits per heavy atom. The van der Waals surface area contributed by atoms with Crippen LogP contribution < -0.4 is 10.0 Å². The van der Waals surface area contributed by atoms with Crippen molar-refractivity contribution in [1.82, 2.24) is 20.2 Å². The predicted molar refractivity (Wildman–Crippen MR) is 87.3 cm³/mol. The average Bonchev–Trinajstić information content (AvgIpc) is 3.01. The van der Waals surface area contributed by atoms with Gasteiger partial charge in [0.25, 0.3) is 5.89 Å². The van der Waals surface area contributed by atoms with Gasteiger partial charge in [-0.05, 0) is 32.2 Å². The Morgan fingerprint density at radius 3 is 2.91 bits per heavy atom. The molecule has 7 nitrogen and oxygen atoms in total. The Kier molecular flexibility index (Phi) is 5.64. The third-order valence-corrected chi connectivity index (χ3v) is 4.68. The van der Waals surface area contributed by atoms with Gasteiger partial charge in [-0.3, -0.25) is 0 Å². The topological polar surface area (TPSA) is 97.1 Å². The van der Waals surface area contributed by atoms with Crippen LogP contribution in [0.1, 0.15) is 12.7 Å². The quantitative estimate of drug-likeness (QED) is 0.706. The van der Waals surface area contributed by atoms with Crippen LogP contribution >= 0.6 is 0 Å². The molecule has 0 amide bonds. The zero-order valence-corrected chi connectivity index (χ0v) is 13.9. The van der Waals surface area contributed by atoms with Gasteiger partial charge in [0, 0.05) is 24.6 Å². The van der Waals surface area contributed by atoms with Crippen molar-refractivity contribution in [2.75, 3.05) is 13.6 Å². The lowest BCUT2D eigenvalue weighted by Crippen LogP contribution is -2.24. The fraction of sp³-hybridized carbons (Fsp3) is 0.333. The van der Waals surface area contributed by atoms with E-state index in [0.29, 0.717) is 23.7 Å². The van der Waals surface area contributed by atoms with Crippen LogP contribution in [0.25, 0.3) is 11.5 Å². The van der Waals surface area contributed by atoms with E-state index in [2.05, 4.69) is 26.8 Å². The molecule has 8 heteroatoms. The number of hydrogen-bond acceptors (Lipinski definition) is 6. The van der Waals surface area contributed by atoms with Crippen LogP contribution in [0.2, 0.25) is 0 Å². The first-order valence-electron chi connectivity index (χ1n) is 7.17.